The van der Waals surface area contributed by atoms with Crippen molar-refractivity contribution in [3.05, 3.63) is 82.1 Å². The van der Waals surface area contributed by atoms with E-state index in [9.17, 15) is 9.59 Å². The van der Waals surface area contributed by atoms with E-state index in [1.54, 1.807) is 11.6 Å². The first-order chi connectivity index (χ1) is 16.9. The molecule has 0 atom stereocenters. The Hall–Kier alpha value is -3.36. The first-order valence-electron chi connectivity index (χ1n) is 11.8. The van der Waals surface area contributed by atoms with Crippen LogP contribution in [0.2, 0.25) is 5.02 Å². The Morgan fingerprint density at radius 1 is 0.943 bits per heavy atom. The average molecular weight is 495 g/mol. The van der Waals surface area contributed by atoms with Crippen LogP contribution in [0.15, 0.2) is 54.6 Å². The second-order valence-corrected chi connectivity index (χ2v) is 9.12. The number of benzene rings is 2. The van der Waals surface area contributed by atoms with Gasteiger partial charge in [-0.3, -0.25) is 30.0 Å². The Balaban J connectivity index is 1.23. The van der Waals surface area contributed by atoms with E-state index in [0.29, 0.717) is 41.5 Å². The lowest BCUT2D eigenvalue weighted by atomic mass is 10.2. The van der Waals surface area contributed by atoms with Crippen molar-refractivity contribution < 1.29 is 9.59 Å². The van der Waals surface area contributed by atoms with Crippen molar-refractivity contribution in [3.63, 3.8) is 0 Å². The van der Waals surface area contributed by atoms with Crippen molar-refractivity contribution in [2.75, 3.05) is 37.6 Å². The number of aryl methyl sites for hydroxylation is 1. The minimum absolute atomic E-state index is 0.220. The molecule has 2 amide bonds. The van der Waals surface area contributed by atoms with Crippen LogP contribution in [0.4, 0.5) is 5.69 Å². The molecule has 2 N–H and O–H groups in total. The highest BCUT2D eigenvalue weighted by molar-refractivity contribution is 6.31. The average Bonchev–Trinajstić information content (AvgIpc) is 3.16. The van der Waals surface area contributed by atoms with E-state index >= 15 is 0 Å². The van der Waals surface area contributed by atoms with Crippen molar-refractivity contribution in [2.45, 2.75) is 26.8 Å². The molecule has 4 rings (SSSR count). The fourth-order valence-corrected chi connectivity index (χ4v) is 4.54. The van der Waals surface area contributed by atoms with Crippen molar-refractivity contribution in [2.24, 2.45) is 0 Å². The van der Waals surface area contributed by atoms with E-state index < -0.39 is 0 Å². The van der Waals surface area contributed by atoms with Crippen LogP contribution in [-0.4, -0.2) is 59.2 Å². The summed E-state index contributed by atoms with van der Waals surface area (Å²) in [6, 6.07) is 17.9. The van der Waals surface area contributed by atoms with E-state index in [4.69, 9.17) is 11.6 Å². The molecule has 2 heterocycles. The summed E-state index contributed by atoms with van der Waals surface area (Å²) in [6.45, 7) is 8.39. The first-order valence-corrected chi connectivity index (χ1v) is 12.2. The molecule has 8 nitrogen and oxygen atoms in total. The number of amides is 2. The molecule has 0 spiro atoms. The van der Waals surface area contributed by atoms with Gasteiger partial charge in [-0.05, 0) is 37.6 Å². The second kappa shape index (κ2) is 11.4. The van der Waals surface area contributed by atoms with Crippen LogP contribution in [0.3, 0.4) is 0 Å². The molecule has 2 aromatic carbocycles. The second-order valence-electron chi connectivity index (χ2n) is 8.71. The molecule has 9 heteroatoms. The third-order valence-corrected chi connectivity index (χ3v) is 6.72. The predicted molar refractivity (Wildman–Crippen MR) is 138 cm³/mol. The molecule has 35 heavy (non-hydrogen) atoms. The van der Waals surface area contributed by atoms with Gasteiger partial charge in [-0.15, -0.1) is 0 Å². The standard InChI is InChI=1S/C26H31ClN6O2/c1-19-25(20(2)33(30-19)18-21-8-6-7-11-23(21)27)26(35)29-28-24(34)12-13-31-14-16-32(17-15-31)22-9-4-3-5-10-22/h3-11H,12-18H2,1-2H3,(H,28,34)(H,29,35). The molecule has 184 valence electrons. The zero-order chi connectivity index (χ0) is 24.8. The van der Waals surface area contributed by atoms with E-state index in [1.165, 1.54) is 5.69 Å². The fourth-order valence-electron chi connectivity index (χ4n) is 4.35. The maximum Gasteiger partial charge on any atom is 0.273 e. The van der Waals surface area contributed by atoms with Crippen LogP contribution in [0, 0.1) is 13.8 Å². The summed E-state index contributed by atoms with van der Waals surface area (Å²) in [5.41, 5.74) is 9.00. The molecule has 1 aromatic heterocycles. The highest BCUT2D eigenvalue weighted by atomic mass is 35.5. The topological polar surface area (TPSA) is 82.5 Å². The smallest absolute Gasteiger partial charge is 0.273 e. The lowest BCUT2D eigenvalue weighted by Crippen LogP contribution is -2.48. The minimum Gasteiger partial charge on any atom is -0.369 e. The molecule has 0 saturated carbocycles. The minimum atomic E-state index is -0.379. The van der Waals surface area contributed by atoms with Crippen LogP contribution < -0.4 is 15.8 Å². The fraction of sp³-hybridized carbons (Fsp3) is 0.346. The van der Waals surface area contributed by atoms with Gasteiger partial charge < -0.3 is 4.90 Å². The van der Waals surface area contributed by atoms with Gasteiger partial charge in [-0.2, -0.15) is 5.10 Å². The summed E-state index contributed by atoms with van der Waals surface area (Å²) in [7, 11) is 0. The van der Waals surface area contributed by atoms with Gasteiger partial charge in [0.2, 0.25) is 5.91 Å². The van der Waals surface area contributed by atoms with Crippen LogP contribution in [0.1, 0.15) is 33.7 Å². The summed E-state index contributed by atoms with van der Waals surface area (Å²) in [5.74, 6) is -0.599. The number of carbonyl (C=O) groups is 2. The van der Waals surface area contributed by atoms with Crippen molar-refractivity contribution >= 4 is 29.1 Å². The number of hydrogen-bond acceptors (Lipinski definition) is 5. The number of halogens is 1. The Morgan fingerprint density at radius 3 is 2.34 bits per heavy atom. The van der Waals surface area contributed by atoms with E-state index in [0.717, 1.165) is 31.7 Å². The number of hydrazine groups is 1. The Morgan fingerprint density at radius 2 is 1.63 bits per heavy atom. The lowest BCUT2D eigenvalue weighted by molar-refractivity contribution is -0.122. The van der Waals surface area contributed by atoms with Gasteiger partial charge in [0.05, 0.1) is 17.8 Å². The Bertz CT molecular complexity index is 1170. The summed E-state index contributed by atoms with van der Waals surface area (Å²) in [5, 5.41) is 5.15. The van der Waals surface area contributed by atoms with E-state index in [1.807, 2.05) is 49.4 Å². The van der Waals surface area contributed by atoms with E-state index in [-0.39, 0.29) is 11.8 Å². The molecule has 0 bridgehead atoms. The molecule has 0 aliphatic carbocycles. The number of piperazine rings is 1. The Labute approximate surface area is 210 Å². The first kappa shape index (κ1) is 24.8. The summed E-state index contributed by atoms with van der Waals surface area (Å²) < 4.78 is 1.75. The van der Waals surface area contributed by atoms with Crippen LogP contribution in [0.25, 0.3) is 0 Å². The zero-order valence-corrected chi connectivity index (χ0v) is 20.9. The largest absolute Gasteiger partial charge is 0.369 e. The Kier molecular flexibility index (Phi) is 8.05. The van der Waals surface area contributed by atoms with Crippen molar-refractivity contribution in [1.29, 1.82) is 0 Å². The number of para-hydroxylation sites is 1. The number of anilines is 1. The predicted octanol–water partition coefficient (Wildman–Crippen LogP) is 3.17. The molecule has 1 saturated heterocycles. The van der Waals surface area contributed by atoms with Gasteiger partial charge in [0.1, 0.15) is 0 Å². The molecule has 1 aliphatic heterocycles. The van der Waals surface area contributed by atoms with Crippen LogP contribution >= 0.6 is 11.6 Å². The summed E-state index contributed by atoms with van der Waals surface area (Å²) in [4.78, 5) is 29.8. The molecule has 0 unspecified atom stereocenters. The van der Waals surface area contributed by atoms with Gasteiger partial charge in [-0.25, -0.2) is 0 Å². The third kappa shape index (κ3) is 6.21. The SMILES string of the molecule is Cc1nn(Cc2ccccc2Cl)c(C)c1C(=O)NNC(=O)CCN1CCN(c2ccccc2)CC1. The maximum atomic E-state index is 12.8. The quantitative estimate of drug-likeness (QED) is 0.493. The summed E-state index contributed by atoms with van der Waals surface area (Å²) in [6.07, 6.45) is 0.315. The number of hydrogen-bond donors (Lipinski definition) is 2. The number of nitrogens with zero attached hydrogens (tertiary/aromatic N) is 4. The third-order valence-electron chi connectivity index (χ3n) is 6.35. The number of nitrogens with one attached hydrogen (secondary N) is 2. The molecule has 0 radical (unpaired) electrons. The zero-order valence-electron chi connectivity index (χ0n) is 20.1. The normalized spacial score (nSPS) is 14.1. The van der Waals surface area contributed by atoms with Gasteiger partial charge in [-0.1, -0.05) is 48.0 Å². The molecule has 1 fully saturated rings. The molecule has 3 aromatic rings. The van der Waals surface area contributed by atoms with Gasteiger partial charge in [0, 0.05) is 55.5 Å². The van der Waals surface area contributed by atoms with Gasteiger partial charge >= 0.3 is 0 Å². The molecular weight excluding hydrogens is 464 g/mol. The lowest BCUT2D eigenvalue weighted by Gasteiger charge is -2.36. The number of carbonyl (C=O) groups excluding carboxylic acids is 2. The number of rotatable bonds is 7. The number of aromatic nitrogens is 2. The summed E-state index contributed by atoms with van der Waals surface area (Å²) >= 11 is 6.27. The highest BCUT2D eigenvalue weighted by Crippen LogP contribution is 2.19. The van der Waals surface area contributed by atoms with E-state index in [2.05, 4.69) is 37.9 Å². The van der Waals surface area contributed by atoms with Gasteiger partial charge in [0.25, 0.3) is 5.91 Å². The molecule has 1 aliphatic rings. The molecular formula is C26H31ClN6O2. The van der Waals surface area contributed by atoms with Crippen LogP contribution in [-0.2, 0) is 11.3 Å². The van der Waals surface area contributed by atoms with Crippen molar-refractivity contribution in [3.8, 4) is 0 Å². The monoisotopic (exact) mass is 494 g/mol. The maximum absolute atomic E-state index is 12.8. The van der Waals surface area contributed by atoms with Crippen molar-refractivity contribution in [1.82, 2.24) is 25.5 Å². The highest BCUT2D eigenvalue weighted by Gasteiger charge is 2.21. The van der Waals surface area contributed by atoms with Crippen LogP contribution in [0.5, 0.6) is 0 Å². The van der Waals surface area contributed by atoms with Gasteiger partial charge in [0.15, 0.2) is 0 Å².